The fourth-order valence-corrected chi connectivity index (χ4v) is 2.18. The first kappa shape index (κ1) is 14.1. The smallest absolute Gasteiger partial charge is 0.310 e. The summed E-state index contributed by atoms with van der Waals surface area (Å²) in [4.78, 5) is 23.5. The molecule has 94 valence electrons. The van der Waals surface area contributed by atoms with Crippen LogP contribution in [-0.2, 0) is 19.1 Å². The summed E-state index contributed by atoms with van der Waals surface area (Å²) < 4.78 is 9.92. The van der Waals surface area contributed by atoms with Gasteiger partial charge in [0.25, 0.3) is 0 Å². The van der Waals surface area contributed by atoms with E-state index in [1.54, 1.807) is 6.92 Å². The van der Waals surface area contributed by atoms with E-state index in [0.29, 0.717) is 19.2 Å². The van der Waals surface area contributed by atoms with Crippen molar-refractivity contribution in [2.24, 2.45) is 11.8 Å². The Hall–Kier alpha value is -0.995. The summed E-state index contributed by atoms with van der Waals surface area (Å²) in [5.74, 6) is -1.36. The van der Waals surface area contributed by atoms with E-state index in [0.717, 1.165) is 12.8 Å². The van der Waals surface area contributed by atoms with E-state index in [2.05, 4.69) is 0 Å². The van der Waals surface area contributed by atoms with Crippen LogP contribution in [-0.4, -0.2) is 33.0 Å². The second kappa shape index (κ2) is 6.67. The van der Waals surface area contributed by atoms with Gasteiger partial charge in [0.05, 0.1) is 32.9 Å². The van der Waals surface area contributed by atoms with E-state index < -0.39 is 0 Å². The van der Waals surface area contributed by atoms with E-state index >= 15 is 0 Å². The Kier molecular flexibility index (Phi) is 5.52. The Balaban J connectivity index is 2.64. The molecule has 1 rings (SSSR count). The van der Waals surface area contributed by atoms with Crippen LogP contribution in [0.2, 0.25) is 6.32 Å². The predicted octanol–water partition coefficient (Wildman–Crippen LogP) is 1.48. The van der Waals surface area contributed by atoms with Crippen LogP contribution in [0.15, 0.2) is 0 Å². The van der Waals surface area contributed by atoms with Crippen LogP contribution in [0, 0.1) is 11.8 Å². The third kappa shape index (κ3) is 3.75. The first-order chi connectivity index (χ1) is 8.10. The molecular weight excluding hydrogens is 219 g/mol. The summed E-state index contributed by atoms with van der Waals surface area (Å²) in [7, 11) is 6.75. The Morgan fingerprint density at radius 2 is 1.76 bits per heavy atom. The second-order valence-electron chi connectivity index (χ2n) is 4.50. The topological polar surface area (TPSA) is 52.6 Å². The van der Waals surface area contributed by atoms with Gasteiger partial charge in [-0.05, 0) is 19.8 Å². The Morgan fingerprint density at radius 1 is 1.24 bits per heavy atom. The van der Waals surface area contributed by atoms with E-state index in [1.165, 1.54) is 7.11 Å². The standard InChI is InChI=1S/C12H19BO4/c1-8(7-13)17-12(15)10-6-4-3-5-9(10)11(14)16-2/h8-10H,3-7H2,1-2H3. The van der Waals surface area contributed by atoms with Crippen LogP contribution in [0.4, 0.5) is 0 Å². The average molecular weight is 238 g/mol. The number of carbonyl (C=O) groups is 2. The van der Waals surface area contributed by atoms with Gasteiger partial charge in [-0.15, -0.1) is 0 Å². The predicted molar refractivity (Wildman–Crippen MR) is 63.6 cm³/mol. The molecular formula is C12H19BO4. The van der Waals surface area contributed by atoms with Crippen molar-refractivity contribution >= 4 is 19.8 Å². The van der Waals surface area contributed by atoms with E-state index in [1.807, 2.05) is 0 Å². The SMILES string of the molecule is [B]CC(C)OC(=O)C1CCCCC1C(=O)OC. The van der Waals surface area contributed by atoms with Gasteiger partial charge in [-0.1, -0.05) is 19.2 Å². The third-order valence-electron chi connectivity index (χ3n) is 3.22. The summed E-state index contributed by atoms with van der Waals surface area (Å²) >= 11 is 0. The summed E-state index contributed by atoms with van der Waals surface area (Å²) in [5.41, 5.74) is 0. The number of carbonyl (C=O) groups excluding carboxylic acids is 2. The summed E-state index contributed by atoms with van der Waals surface area (Å²) in [6.45, 7) is 1.74. The fourth-order valence-electron chi connectivity index (χ4n) is 2.18. The first-order valence-corrected chi connectivity index (χ1v) is 6.08. The van der Waals surface area contributed by atoms with Crippen LogP contribution in [0.5, 0.6) is 0 Å². The molecule has 0 bridgehead atoms. The quantitative estimate of drug-likeness (QED) is 0.550. The van der Waals surface area contributed by atoms with Gasteiger partial charge in [-0.2, -0.15) is 0 Å². The van der Waals surface area contributed by atoms with Crippen molar-refractivity contribution in [3.63, 3.8) is 0 Å². The van der Waals surface area contributed by atoms with Crippen molar-refractivity contribution in [2.45, 2.75) is 45.0 Å². The molecule has 0 heterocycles. The van der Waals surface area contributed by atoms with Crippen LogP contribution in [0.1, 0.15) is 32.6 Å². The largest absolute Gasteiger partial charge is 0.469 e. The van der Waals surface area contributed by atoms with Crippen LogP contribution >= 0.6 is 0 Å². The molecule has 0 spiro atoms. The maximum absolute atomic E-state index is 11.9. The molecule has 0 aromatic rings. The zero-order valence-corrected chi connectivity index (χ0v) is 10.5. The van der Waals surface area contributed by atoms with Crippen LogP contribution in [0.3, 0.4) is 0 Å². The molecule has 0 N–H and O–H groups in total. The zero-order chi connectivity index (χ0) is 12.8. The van der Waals surface area contributed by atoms with Gasteiger partial charge in [0.15, 0.2) is 0 Å². The molecule has 0 aromatic heterocycles. The molecule has 2 radical (unpaired) electrons. The maximum Gasteiger partial charge on any atom is 0.310 e. The number of ether oxygens (including phenoxy) is 2. The van der Waals surface area contributed by atoms with Crippen molar-refractivity contribution < 1.29 is 19.1 Å². The van der Waals surface area contributed by atoms with E-state index in [-0.39, 0.29) is 29.9 Å². The molecule has 0 amide bonds. The van der Waals surface area contributed by atoms with Crippen molar-refractivity contribution in [1.82, 2.24) is 0 Å². The summed E-state index contributed by atoms with van der Waals surface area (Å²) in [5, 5.41) is 0. The van der Waals surface area contributed by atoms with Crippen molar-refractivity contribution in [2.75, 3.05) is 7.11 Å². The third-order valence-corrected chi connectivity index (χ3v) is 3.22. The van der Waals surface area contributed by atoms with Gasteiger partial charge >= 0.3 is 11.9 Å². The Morgan fingerprint density at radius 3 is 2.24 bits per heavy atom. The van der Waals surface area contributed by atoms with Crippen molar-refractivity contribution in [1.29, 1.82) is 0 Å². The van der Waals surface area contributed by atoms with Gasteiger partial charge in [0, 0.05) is 0 Å². The normalized spacial score (nSPS) is 26.0. The minimum Gasteiger partial charge on any atom is -0.469 e. The number of methoxy groups -OCH3 is 1. The molecule has 1 saturated carbocycles. The second-order valence-corrected chi connectivity index (χ2v) is 4.50. The minimum absolute atomic E-state index is 0.293. The van der Waals surface area contributed by atoms with Gasteiger partial charge in [0.2, 0.25) is 0 Å². The Bertz CT molecular complexity index is 280. The Labute approximate surface area is 103 Å². The van der Waals surface area contributed by atoms with E-state index in [4.69, 9.17) is 17.3 Å². The lowest BCUT2D eigenvalue weighted by Gasteiger charge is -2.28. The molecule has 0 aromatic carbocycles. The molecule has 5 heteroatoms. The number of hydrogen-bond donors (Lipinski definition) is 0. The zero-order valence-electron chi connectivity index (χ0n) is 10.5. The summed E-state index contributed by atoms with van der Waals surface area (Å²) in [6, 6.07) is 0. The van der Waals surface area contributed by atoms with Gasteiger partial charge in [-0.3, -0.25) is 9.59 Å². The van der Waals surface area contributed by atoms with Gasteiger partial charge in [-0.25, -0.2) is 0 Å². The lowest BCUT2D eigenvalue weighted by Crippen LogP contribution is -2.35. The highest BCUT2D eigenvalue weighted by atomic mass is 16.5. The van der Waals surface area contributed by atoms with Gasteiger partial charge < -0.3 is 9.47 Å². The molecule has 3 unspecified atom stereocenters. The minimum atomic E-state index is -0.370. The maximum atomic E-state index is 11.9. The highest BCUT2D eigenvalue weighted by Crippen LogP contribution is 2.32. The molecule has 1 aliphatic carbocycles. The molecule has 4 nitrogen and oxygen atoms in total. The summed E-state index contributed by atoms with van der Waals surface area (Å²) in [6.07, 6.45) is 3.28. The molecule has 3 atom stereocenters. The van der Waals surface area contributed by atoms with Crippen molar-refractivity contribution in [3.05, 3.63) is 0 Å². The number of rotatable bonds is 4. The monoisotopic (exact) mass is 238 g/mol. The lowest BCUT2D eigenvalue weighted by atomic mass is 9.79. The molecule has 0 saturated heterocycles. The van der Waals surface area contributed by atoms with Crippen LogP contribution < -0.4 is 0 Å². The fraction of sp³-hybridized carbons (Fsp3) is 0.833. The average Bonchev–Trinajstić information content (AvgIpc) is 2.37. The number of hydrogen-bond acceptors (Lipinski definition) is 4. The van der Waals surface area contributed by atoms with Crippen LogP contribution in [0.25, 0.3) is 0 Å². The highest BCUT2D eigenvalue weighted by molar-refractivity contribution is 6.08. The van der Waals surface area contributed by atoms with E-state index in [9.17, 15) is 9.59 Å². The molecule has 1 fully saturated rings. The van der Waals surface area contributed by atoms with Crippen molar-refractivity contribution in [3.8, 4) is 0 Å². The molecule has 1 aliphatic rings. The first-order valence-electron chi connectivity index (χ1n) is 6.08. The lowest BCUT2D eigenvalue weighted by molar-refractivity contribution is -0.163. The molecule has 0 aliphatic heterocycles. The number of esters is 2. The molecule has 17 heavy (non-hydrogen) atoms. The highest BCUT2D eigenvalue weighted by Gasteiger charge is 2.37. The van der Waals surface area contributed by atoms with Gasteiger partial charge in [0.1, 0.15) is 0 Å².